The van der Waals surface area contributed by atoms with Gasteiger partial charge < -0.3 is 10.4 Å². The minimum Gasteiger partial charge on any atom is -0.396 e. The lowest BCUT2D eigenvalue weighted by Crippen LogP contribution is -2.27. The molecule has 0 atom stereocenters. The average molecular weight is 269 g/mol. The molecule has 0 bridgehead atoms. The van der Waals surface area contributed by atoms with Crippen LogP contribution in [0.1, 0.15) is 52.3 Å². The van der Waals surface area contributed by atoms with Crippen molar-refractivity contribution in [1.29, 1.82) is 0 Å². The van der Waals surface area contributed by atoms with Crippen molar-refractivity contribution in [3.8, 4) is 0 Å². The summed E-state index contributed by atoms with van der Waals surface area (Å²) >= 11 is 1.46. The van der Waals surface area contributed by atoms with Crippen LogP contribution in [0.4, 0.5) is 5.13 Å². The third-order valence-electron chi connectivity index (χ3n) is 3.53. The monoisotopic (exact) mass is 269 g/mol. The molecule has 18 heavy (non-hydrogen) atoms. The van der Waals surface area contributed by atoms with Gasteiger partial charge in [0.25, 0.3) is 0 Å². The number of aliphatic hydroxyl groups excluding tert-OH is 1. The third-order valence-corrected chi connectivity index (χ3v) is 4.18. The Bertz CT molecular complexity index is 378. The second-order valence-electron chi connectivity index (χ2n) is 6.22. The van der Waals surface area contributed by atoms with E-state index in [4.69, 9.17) is 5.11 Å². The van der Waals surface area contributed by atoms with Gasteiger partial charge in [-0.1, -0.05) is 20.8 Å². The maximum atomic E-state index is 9.12. The van der Waals surface area contributed by atoms with Gasteiger partial charge in [0, 0.05) is 29.6 Å². The maximum absolute atomic E-state index is 9.12. The molecule has 1 saturated carbocycles. The zero-order chi connectivity index (χ0) is 13.2. The average Bonchev–Trinajstić information content (AvgIpc) is 2.78. The molecule has 4 nitrogen and oxygen atoms in total. The van der Waals surface area contributed by atoms with Crippen molar-refractivity contribution >= 4 is 16.7 Å². The Balaban J connectivity index is 1.89. The van der Waals surface area contributed by atoms with E-state index in [-0.39, 0.29) is 5.41 Å². The summed E-state index contributed by atoms with van der Waals surface area (Å²) in [5.74, 6) is 1.42. The van der Waals surface area contributed by atoms with Gasteiger partial charge in [0.15, 0.2) is 0 Å². The van der Waals surface area contributed by atoms with E-state index in [0.29, 0.717) is 18.6 Å². The van der Waals surface area contributed by atoms with Gasteiger partial charge in [0.1, 0.15) is 5.82 Å². The standard InChI is InChI=1S/C13H23N3OS/c1-13(2,3)11-15-12(18-16-11)14-10-6-4-9(8-17)5-7-10/h9-10,17H,4-8H2,1-3H3,(H,14,15,16). The summed E-state index contributed by atoms with van der Waals surface area (Å²) in [5.41, 5.74) is 0.0188. The maximum Gasteiger partial charge on any atom is 0.202 e. The fourth-order valence-electron chi connectivity index (χ4n) is 2.25. The summed E-state index contributed by atoms with van der Waals surface area (Å²) in [6.07, 6.45) is 4.46. The topological polar surface area (TPSA) is 58.0 Å². The molecular weight excluding hydrogens is 246 g/mol. The van der Waals surface area contributed by atoms with Crippen LogP contribution >= 0.6 is 11.5 Å². The highest BCUT2D eigenvalue weighted by atomic mass is 32.1. The van der Waals surface area contributed by atoms with Crippen LogP contribution in [0.15, 0.2) is 0 Å². The Hall–Kier alpha value is -0.680. The molecule has 1 aromatic rings. The van der Waals surface area contributed by atoms with Crippen molar-refractivity contribution in [3.05, 3.63) is 5.82 Å². The summed E-state index contributed by atoms with van der Waals surface area (Å²) in [6.45, 7) is 6.72. The normalized spacial score (nSPS) is 25.1. The van der Waals surface area contributed by atoms with Gasteiger partial charge in [-0.2, -0.15) is 4.37 Å². The lowest BCUT2D eigenvalue weighted by atomic mass is 9.87. The number of aromatic nitrogens is 2. The van der Waals surface area contributed by atoms with E-state index in [1.807, 2.05) is 0 Å². The van der Waals surface area contributed by atoms with Crippen LogP contribution in [0.25, 0.3) is 0 Å². The van der Waals surface area contributed by atoms with E-state index >= 15 is 0 Å². The molecule has 1 aromatic heterocycles. The van der Waals surface area contributed by atoms with Gasteiger partial charge in [-0.3, -0.25) is 0 Å². The fraction of sp³-hybridized carbons (Fsp3) is 0.846. The molecule has 2 rings (SSSR count). The molecule has 0 saturated heterocycles. The zero-order valence-electron chi connectivity index (χ0n) is 11.4. The molecule has 0 aliphatic heterocycles. The summed E-state index contributed by atoms with van der Waals surface area (Å²) in [6, 6.07) is 0.494. The van der Waals surface area contributed by atoms with Crippen LogP contribution < -0.4 is 5.32 Å². The number of nitrogens with one attached hydrogen (secondary N) is 1. The van der Waals surface area contributed by atoms with Crippen LogP contribution in [-0.2, 0) is 5.41 Å². The molecule has 0 radical (unpaired) electrons. The molecule has 0 unspecified atom stereocenters. The van der Waals surface area contributed by atoms with E-state index in [0.717, 1.165) is 36.6 Å². The van der Waals surface area contributed by atoms with Crippen LogP contribution in [-0.4, -0.2) is 27.1 Å². The van der Waals surface area contributed by atoms with E-state index in [9.17, 15) is 0 Å². The summed E-state index contributed by atoms with van der Waals surface area (Å²) in [7, 11) is 0. The first-order valence-corrected chi connectivity index (χ1v) is 7.48. The Kier molecular flexibility index (Phi) is 4.22. The lowest BCUT2D eigenvalue weighted by Gasteiger charge is -2.27. The van der Waals surface area contributed by atoms with Crippen molar-refractivity contribution < 1.29 is 5.11 Å². The smallest absolute Gasteiger partial charge is 0.202 e. The van der Waals surface area contributed by atoms with Gasteiger partial charge in [0.05, 0.1) is 0 Å². The number of hydrogen-bond donors (Lipinski definition) is 2. The predicted octanol–water partition coefficient (Wildman–Crippen LogP) is 2.80. The molecule has 1 fully saturated rings. The minimum atomic E-state index is 0.0188. The highest BCUT2D eigenvalue weighted by molar-refractivity contribution is 7.09. The summed E-state index contributed by atoms with van der Waals surface area (Å²) in [5, 5.41) is 13.5. The Labute approximate surface area is 113 Å². The highest BCUT2D eigenvalue weighted by Gasteiger charge is 2.23. The van der Waals surface area contributed by atoms with Crippen LogP contribution in [0.3, 0.4) is 0 Å². The number of nitrogens with zero attached hydrogens (tertiary/aromatic N) is 2. The molecule has 0 spiro atoms. The molecule has 0 aromatic carbocycles. The largest absolute Gasteiger partial charge is 0.396 e. The lowest BCUT2D eigenvalue weighted by molar-refractivity contribution is 0.186. The number of rotatable bonds is 3. The molecule has 1 aliphatic carbocycles. The molecule has 1 aliphatic rings. The SMILES string of the molecule is CC(C)(C)c1nsc(NC2CCC(CO)CC2)n1. The minimum absolute atomic E-state index is 0.0188. The van der Waals surface area contributed by atoms with Gasteiger partial charge in [-0.15, -0.1) is 0 Å². The fourth-order valence-corrected chi connectivity index (χ4v) is 3.09. The van der Waals surface area contributed by atoms with Gasteiger partial charge >= 0.3 is 0 Å². The van der Waals surface area contributed by atoms with Gasteiger partial charge in [-0.05, 0) is 31.6 Å². The van der Waals surface area contributed by atoms with Gasteiger partial charge in [0.2, 0.25) is 5.13 Å². The van der Waals surface area contributed by atoms with Gasteiger partial charge in [-0.25, -0.2) is 4.98 Å². The molecular formula is C13H23N3OS. The number of aliphatic hydroxyl groups is 1. The highest BCUT2D eigenvalue weighted by Crippen LogP contribution is 2.28. The molecule has 0 amide bonds. The molecule has 102 valence electrons. The summed E-state index contributed by atoms with van der Waals surface area (Å²) in [4.78, 5) is 4.56. The molecule has 2 N–H and O–H groups in total. The Morgan fingerprint density at radius 2 is 1.94 bits per heavy atom. The van der Waals surface area contributed by atoms with Crippen molar-refractivity contribution in [2.24, 2.45) is 5.92 Å². The Morgan fingerprint density at radius 1 is 1.28 bits per heavy atom. The number of hydrogen-bond acceptors (Lipinski definition) is 5. The van der Waals surface area contributed by atoms with E-state index in [2.05, 4.69) is 35.4 Å². The first-order chi connectivity index (χ1) is 8.49. The van der Waals surface area contributed by atoms with Crippen LogP contribution in [0, 0.1) is 5.92 Å². The van der Waals surface area contributed by atoms with Crippen molar-refractivity contribution in [2.75, 3.05) is 11.9 Å². The van der Waals surface area contributed by atoms with E-state index in [1.165, 1.54) is 11.5 Å². The first kappa shape index (κ1) is 13.7. The van der Waals surface area contributed by atoms with Crippen molar-refractivity contribution in [1.82, 2.24) is 9.36 Å². The van der Waals surface area contributed by atoms with Crippen molar-refractivity contribution in [3.63, 3.8) is 0 Å². The summed E-state index contributed by atoms with van der Waals surface area (Å²) < 4.78 is 4.41. The van der Waals surface area contributed by atoms with Crippen LogP contribution in [0.5, 0.6) is 0 Å². The molecule has 5 heteroatoms. The van der Waals surface area contributed by atoms with Crippen molar-refractivity contribution in [2.45, 2.75) is 57.9 Å². The molecule has 1 heterocycles. The predicted molar refractivity (Wildman–Crippen MR) is 75.1 cm³/mol. The van der Waals surface area contributed by atoms with Crippen LogP contribution in [0.2, 0.25) is 0 Å². The quantitative estimate of drug-likeness (QED) is 0.886. The third kappa shape index (κ3) is 3.42. The second kappa shape index (κ2) is 5.53. The number of anilines is 1. The second-order valence-corrected chi connectivity index (χ2v) is 6.97. The first-order valence-electron chi connectivity index (χ1n) is 6.70. The van der Waals surface area contributed by atoms with E-state index < -0.39 is 0 Å². The Morgan fingerprint density at radius 3 is 2.44 bits per heavy atom. The zero-order valence-corrected chi connectivity index (χ0v) is 12.3. The van der Waals surface area contributed by atoms with E-state index in [1.54, 1.807) is 0 Å².